The van der Waals surface area contributed by atoms with Gasteiger partial charge in [0.25, 0.3) is 22.1 Å². The van der Waals surface area contributed by atoms with E-state index in [1.807, 2.05) is 10.6 Å². The molecule has 1 aromatic carbocycles. The van der Waals surface area contributed by atoms with Crippen LogP contribution in [0.3, 0.4) is 0 Å². The molecule has 1 aliphatic heterocycles. The molecule has 1 aliphatic rings. The van der Waals surface area contributed by atoms with Gasteiger partial charge in [0, 0.05) is 0 Å². The van der Waals surface area contributed by atoms with Crippen molar-refractivity contribution in [3.8, 4) is 0 Å². The third-order valence-electron chi connectivity index (χ3n) is 4.44. The van der Waals surface area contributed by atoms with Gasteiger partial charge in [0.1, 0.15) is 0 Å². The average Bonchev–Trinajstić information content (AvgIpc) is 2.81. The fraction of sp³-hybridized carbons (Fsp3) is 0. The number of hydrogen-bond acceptors (Lipinski definition) is 18. The molecular formula is C12H2N12O12. The predicted octanol–water partition coefficient (Wildman–Crippen LogP) is 0.723. The van der Waals surface area contributed by atoms with Crippen LogP contribution in [0.2, 0.25) is 0 Å². The van der Waals surface area contributed by atoms with Crippen LogP contribution in [-0.2, 0) is 0 Å². The smallest absolute Gasteiger partial charge is 0.358 e. The molecular weight excluding hydrogens is 504 g/mol. The lowest BCUT2D eigenvalue weighted by Gasteiger charge is -2.13. The Labute approximate surface area is 190 Å². The van der Waals surface area contributed by atoms with Gasteiger partial charge in [0.15, 0.2) is 0 Å². The average molecular weight is 506 g/mol. The second kappa shape index (κ2) is 7.60. The van der Waals surface area contributed by atoms with Gasteiger partial charge in [-0.15, -0.1) is 0 Å². The summed E-state index contributed by atoms with van der Waals surface area (Å²) >= 11 is 0. The van der Waals surface area contributed by atoms with E-state index in [0.29, 0.717) is 0 Å². The van der Waals surface area contributed by atoms with Crippen LogP contribution in [0.4, 0.5) is 34.6 Å². The standard InChI is InChI=1S/C12H2N12O12/c25-19(26)7-8(20(27)28)14-2-1(13-7)3-5(16-10(22(31)32)9(15-3)21(29)30)6-4(2)17-11(23(33)34)12(18-6)24(35)36/h13-14H. The first-order chi connectivity index (χ1) is 16.8. The molecule has 36 heavy (non-hydrogen) atoms. The zero-order chi connectivity index (χ0) is 26.6. The van der Waals surface area contributed by atoms with E-state index in [1.165, 1.54) is 0 Å². The van der Waals surface area contributed by atoms with Gasteiger partial charge >= 0.3 is 34.9 Å². The number of anilines is 2. The molecule has 0 unspecified atom stereocenters. The van der Waals surface area contributed by atoms with E-state index in [4.69, 9.17) is 0 Å². The summed E-state index contributed by atoms with van der Waals surface area (Å²) in [4.78, 5) is 74.1. The molecule has 24 heteroatoms. The molecule has 0 aliphatic carbocycles. The van der Waals surface area contributed by atoms with Crippen molar-refractivity contribution in [2.24, 2.45) is 0 Å². The van der Waals surface area contributed by atoms with Gasteiger partial charge in [-0.3, -0.25) is 0 Å². The Balaban J connectivity index is 2.28. The number of benzene rings is 1. The van der Waals surface area contributed by atoms with Gasteiger partial charge in [-0.2, -0.15) is 0 Å². The van der Waals surface area contributed by atoms with Crippen molar-refractivity contribution in [2.45, 2.75) is 0 Å². The SMILES string of the molecule is O=[N+]([O-])C1=C([N+](=O)[O-])Nc2c(c3nc([N+](=O)[O-])c([N+](=O)[O-])nc3c3nc([N+](=O)[O-])c([N+](=O)[O-])nc23)N1. The fourth-order valence-electron chi connectivity index (χ4n) is 3.10. The molecule has 0 saturated heterocycles. The van der Waals surface area contributed by atoms with Gasteiger partial charge < -0.3 is 60.7 Å². The van der Waals surface area contributed by atoms with Gasteiger partial charge in [0.05, 0.1) is 0 Å². The molecule has 3 heterocycles. The fourth-order valence-corrected chi connectivity index (χ4v) is 3.10. The maximum atomic E-state index is 11.4. The first kappa shape index (κ1) is 22.8. The summed E-state index contributed by atoms with van der Waals surface area (Å²) in [5, 5.41) is 72.1. The zero-order valence-electron chi connectivity index (χ0n) is 16.4. The van der Waals surface area contributed by atoms with Crippen LogP contribution < -0.4 is 10.6 Å². The highest BCUT2D eigenvalue weighted by Gasteiger charge is 2.47. The summed E-state index contributed by atoms with van der Waals surface area (Å²) in [5.41, 5.74) is -4.63. The van der Waals surface area contributed by atoms with Gasteiger partial charge in [0.2, 0.25) is 11.4 Å². The van der Waals surface area contributed by atoms with Crippen LogP contribution >= 0.6 is 0 Å². The number of nitrogens with zero attached hydrogens (tertiary/aromatic N) is 10. The van der Waals surface area contributed by atoms with Crippen LogP contribution in [0.25, 0.3) is 22.1 Å². The normalized spacial score (nSPS) is 12.4. The van der Waals surface area contributed by atoms with Crippen LogP contribution in [0.15, 0.2) is 11.6 Å². The number of nitro groups is 6. The molecule has 0 amide bonds. The minimum absolute atomic E-state index is 0.697. The number of rotatable bonds is 6. The second-order valence-corrected chi connectivity index (χ2v) is 6.38. The number of hydrogen-bond donors (Lipinski definition) is 2. The summed E-state index contributed by atoms with van der Waals surface area (Å²) in [6, 6.07) is 0. The number of nitrogens with one attached hydrogen (secondary N) is 2. The lowest BCUT2D eigenvalue weighted by molar-refractivity contribution is -0.468. The first-order valence-electron chi connectivity index (χ1n) is 8.57. The minimum atomic E-state index is -1.48. The monoisotopic (exact) mass is 506 g/mol. The summed E-state index contributed by atoms with van der Waals surface area (Å²) in [6.45, 7) is 0. The molecule has 0 fully saturated rings. The topological polar surface area (TPSA) is 334 Å². The quantitative estimate of drug-likeness (QED) is 0.264. The van der Waals surface area contributed by atoms with E-state index in [0.717, 1.165) is 0 Å². The van der Waals surface area contributed by atoms with Crippen molar-refractivity contribution >= 4 is 56.7 Å². The number of fused-ring (bicyclic) bond motifs is 6. The van der Waals surface area contributed by atoms with Gasteiger partial charge in [-0.1, -0.05) is 0 Å². The molecule has 0 radical (unpaired) electrons. The Hall–Kier alpha value is -6.36. The lowest BCUT2D eigenvalue weighted by atomic mass is 10.1. The van der Waals surface area contributed by atoms with Gasteiger partial charge in [-0.05, 0) is 49.5 Å². The third-order valence-corrected chi connectivity index (χ3v) is 4.44. The lowest BCUT2D eigenvalue weighted by Crippen LogP contribution is -2.27. The highest BCUT2D eigenvalue weighted by atomic mass is 16.7. The molecule has 2 N–H and O–H groups in total. The summed E-state index contributed by atoms with van der Waals surface area (Å²) < 4.78 is 0. The Morgan fingerprint density at radius 1 is 0.417 bits per heavy atom. The number of aromatic nitrogens is 4. The molecule has 24 nitrogen and oxygen atoms in total. The maximum absolute atomic E-state index is 11.4. The van der Waals surface area contributed by atoms with Crippen molar-refractivity contribution in [1.29, 1.82) is 0 Å². The Kier molecular flexibility index (Phi) is 4.82. The second-order valence-electron chi connectivity index (χ2n) is 6.38. The maximum Gasteiger partial charge on any atom is 0.463 e. The summed E-state index contributed by atoms with van der Waals surface area (Å²) in [6.07, 6.45) is 0. The molecule has 2 aromatic heterocycles. The van der Waals surface area contributed by atoms with E-state index >= 15 is 0 Å². The predicted molar refractivity (Wildman–Crippen MR) is 108 cm³/mol. The van der Waals surface area contributed by atoms with E-state index in [2.05, 4.69) is 19.9 Å². The van der Waals surface area contributed by atoms with E-state index in [-0.39, 0.29) is 0 Å². The van der Waals surface area contributed by atoms with Crippen LogP contribution in [-0.4, -0.2) is 49.5 Å². The zero-order valence-corrected chi connectivity index (χ0v) is 16.4. The van der Waals surface area contributed by atoms with E-state index in [1.54, 1.807) is 0 Å². The van der Waals surface area contributed by atoms with Crippen molar-refractivity contribution in [1.82, 2.24) is 19.9 Å². The van der Waals surface area contributed by atoms with Crippen molar-refractivity contribution in [3.05, 3.63) is 72.3 Å². The largest absolute Gasteiger partial charge is 0.463 e. The Morgan fingerprint density at radius 3 is 0.889 bits per heavy atom. The Bertz CT molecular complexity index is 1540. The molecule has 0 atom stereocenters. The Morgan fingerprint density at radius 2 is 0.667 bits per heavy atom. The third kappa shape index (κ3) is 3.25. The molecule has 0 spiro atoms. The van der Waals surface area contributed by atoms with Crippen molar-refractivity contribution in [2.75, 3.05) is 10.6 Å². The van der Waals surface area contributed by atoms with Crippen molar-refractivity contribution < 1.29 is 29.5 Å². The highest BCUT2D eigenvalue weighted by molar-refractivity contribution is 6.16. The minimum Gasteiger partial charge on any atom is -0.358 e. The van der Waals surface area contributed by atoms with Crippen molar-refractivity contribution in [3.63, 3.8) is 0 Å². The van der Waals surface area contributed by atoms with Crippen LogP contribution in [0.1, 0.15) is 0 Å². The summed E-state index contributed by atoms with van der Waals surface area (Å²) in [7, 11) is 0. The molecule has 0 bridgehead atoms. The summed E-state index contributed by atoms with van der Waals surface area (Å²) in [5.74, 6) is -8.52. The highest BCUT2D eigenvalue weighted by Crippen LogP contribution is 2.44. The molecule has 3 aromatic rings. The molecule has 4 rings (SSSR count). The van der Waals surface area contributed by atoms with E-state index in [9.17, 15) is 60.7 Å². The van der Waals surface area contributed by atoms with Gasteiger partial charge in [-0.25, -0.2) is 10.6 Å². The first-order valence-corrected chi connectivity index (χ1v) is 8.57. The van der Waals surface area contributed by atoms with Crippen LogP contribution in [0, 0.1) is 60.7 Å². The van der Waals surface area contributed by atoms with E-state index < -0.39 is 97.9 Å². The van der Waals surface area contributed by atoms with Crippen LogP contribution in [0.5, 0.6) is 0 Å². The molecule has 182 valence electrons. The molecule has 0 saturated carbocycles.